The Morgan fingerprint density at radius 1 is 1.82 bits per heavy atom. The van der Waals surface area contributed by atoms with Crippen molar-refractivity contribution in [1.82, 2.24) is 9.55 Å². The Hall–Kier alpha value is -0.770. The lowest BCUT2D eigenvalue weighted by Gasteiger charge is -1.99. The first kappa shape index (κ1) is 8.33. The van der Waals surface area contributed by atoms with Crippen LogP contribution in [-0.2, 0) is 0 Å². The first-order chi connectivity index (χ1) is 5.25. The molecule has 1 rings (SSSR count). The normalized spacial score (nSPS) is 10.0. The van der Waals surface area contributed by atoms with Crippen molar-refractivity contribution in [2.24, 2.45) is 0 Å². The number of carbonyl (C=O) groups is 1. The fraction of sp³-hybridized carbons (Fsp3) is 0.429. The number of imidazole rings is 1. The van der Waals surface area contributed by atoms with E-state index in [4.69, 9.17) is 0 Å². The molecule has 0 radical (unpaired) electrons. The highest BCUT2D eigenvalue weighted by molar-refractivity contribution is 7.99. The van der Waals surface area contributed by atoms with Crippen LogP contribution in [0.3, 0.4) is 0 Å². The third kappa shape index (κ3) is 1.83. The van der Waals surface area contributed by atoms with Crippen LogP contribution in [-0.4, -0.2) is 27.5 Å². The van der Waals surface area contributed by atoms with E-state index in [1.165, 1.54) is 11.8 Å². The minimum atomic E-state index is 0.0903. The van der Waals surface area contributed by atoms with E-state index in [9.17, 15) is 4.79 Å². The first-order valence-corrected chi connectivity index (χ1v) is 4.67. The van der Waals surface area contributed by atoms with Gasteiger partial charge in [-0.2, -0.15) is 11.8 Å². The molecule has 0 unspecified atom stereocenters. The van der Waals surface area contributed by atoms with Crippen molar-refractivity contribution >= 4 is 17.7 Å². The summed E-state index contributed by atoms with van der Waals surface area (Å²) in [5.74, 6) is 1.36. The van der Waals surface area contributed by atoms with Crippen molar-refractivity contribution in [3.63, 3.8) is 0 Å². The van der Waals surface area contributed by atoms with Gasteiger partial charge < -0.3 is 0 Å². The molecule has 0 N–H and O–H groups in total. The molecule has 1 aromatic rings. The van der Waals surface area contributed by atoms with Gasteiger partial charge in [0.25, 0.3) is 0 Å². The highest BCUT2D eigenvalue weighted by Gasteiger charge is 2.04. The fourth-order valence-electron chi connectivity index (χ4n) is 0.835. The minimum absolute atomic E-state index is 0.0903. The molecular weight excluding hydrogens is 160 g/mol. The molecule has 0 aliphatic heterocycles. The number of hydrogen-bond acceptors (Lipinski definition) is 3. The number of aryl methyl sites for hydroxylation is 1. The molecular formula is C7H10N2OS. The standard InChI is InChI=1S/C7H10N2OS/c1-6-8-3-4-9(6)7(10)5-11-2/h3-4H,5H2,1-2H3. The van der Waals surface area contributed by atoms with Gasteiger partial charge in [-0.15, -0.1) is 0 Å². The molecule has 60 valence electrons. The van der Waals surface area contributed by atoms with Crippen molar-refractivity contribution in [3.05, 3.63) is 18.2 Å². The first-order valence-electron chi connectivity index (χ1n) is 3.28. The van der Waals surface area contributed by atoms with E-state index in [-0.39, 0.29) is 5.91 Å². The summed E-state index contributed by atoms with van der Waals surface area (Å²) in [5.41, 5.74) is 0. The summed E-state index contributed by atoms with van der Waals surface area (Å²) in [6.07, 6.45) is 5.23. The number of rotatable bonds is 2. The maximum atomic E-state index is 11.2. The topological polar surface area (TPSA) is 34.9 Å². The number of nitrogens with zero attached hydrogens (tertiary/aromatic N) is 2. The molecule has 0 amide bonds. The summed E-state index contributed by atoms with van der Waals surface area (Å²) < 4.78 is 1.57. The molecule has 0 aliphatic rings. The Labute approximate surface area is 69.8 Å². The molecule has 1 aromatic heterocycles. The highest BCUT2D eigenvalue weighted by atomic mass is 32.2. The maximum absolute atomic E-state index is 11.2. The predicted molar refractivity (Wildman–Crippen MR) is 46.0 cm³/mol. The van der Waals surface area contributed by atoms with Gasteiger partial charge in [0.1, 0.15) is 5.82 Å². The van der Waals surface area contributed by atoms with Crippen LogP contribution in [0.5, 0.6) is 0 Å². The molecule has 0 atom stereocenters. The predicted octanol–water partition coefficient (Wildman–Crippen LogP) is 1.19. The van der Waals surface area contributed by atoms with Gasteiger partial charge in [0.05, 0.1) is 5.75 Å². The molecule has 0 bridgehead atoms. The van der Waals surface area contributed by atoms with E-state index >= 15 is 0 Å². The summed E-state index contributed by atoms with van der Waals surface area (Å²) in [6, 6.07) is 0. The average Bonchev–Trinajstić information content (AvgIpc) is 2.36. The average molecular weight is 170 g/mol. The highest BCUT2D eigenvalue weighted by Crippen LogP contribution is 1.99. The second-order valence-corrected chi connectivity index (χ2v) is 3.04. The third-order valence-corrected chi connectivity index (χ3v) is 1.90. The van der Waals surface area contributed by atoms with Crippen molar-refractivity contribution in [3.8, 4) is 0 Å². The maximum Gasteiger partial charge on any atom is 0.242 e. The zero-order valence-corrected chi connectivity index (χ0v) is 7.39. The molecule has 3 nitrogen and oxygen atoms in total. The Balaban J connectivity index is 2.76. The van der Waals surface area contributed by atoms with Crippen LogP contribution in [0.1, 0.15) is 10.6 Å². The van der Waals surface area contributed by atoms with E-state index in [1.807, 2.05) is 13.2 Å². The van der Waals surface area contributed by atoms with Crippen LogP contribution in [0.15, 0.2) is 12.4 Å². The van der Waals surface area contributed by atoms with Gasteiger partial charge in [-0.05, 0) is 13.2 Å². The summed E-state index contributed by atoms with van der Waals surface area (Å²) in [7, 11) is 0. The lowest BCUT2D eigenvalue weighted by molar-refractivity contribution is 0.0939. The summed E-state index contributed by atoms with van der Waals surface area (Å²) in [4.78, 5) is 15.2. The van der Waals surface area contributed by atoms with Gasteiger partial charge in [0, 0.05) is 12.4 Å². The van der Waals surface area contributed by atoms with Gasteiger partial charge in [0.2, 0.25) is 5.91 Å². The summed E-state index contributed by atoms with van der Waals surface area (Å²) >= 11 is 1.52. The van der Waals surface area contributed by atoms with Crippen LogP contribution in [0.2, 0.25) is 0 Å². The summed E-state index contributed by atoms with van der Waals surface area (Å²) in [5, 5.41) is 0. The van der Waals surface area contributed by atoms with E-state index in [0.29, 0.717) is 5.75 Å². The molecule has 0 aromatic carbocycles. The van der Waals surface area contributed by atoms with E-state index < -0.39 is 0 Å². The van der Waals surface area contributed by atoms with Crippen LogP contribution in [0, 0.1) is 6.92 Å². The van der Waals surface area contributed by atoms with Gasteiger partial charge in [-0.1, -0.05) is 0 Å². The van der Waals surface area contributed by atoms with Gasteiger partial charge in [-0.3, -0.25) is 9.36 Å². The SMILES string of the molecule is CSCC(=O)n1ccnc1C. The summed E-state index contributed by atoms with van der Waals surface area (Å²) in [6.45, 7) is 1.82. The van der Waals surface area contributed by atoms with Crippen molar-refractivity contribution < 1.29 is 4.79 Å². The molecule has 0 saturated heterocycles. The lowest BCUT2D eigenvalue weighted by atomic mass is 10.6. The molecule has 0 aliphatic carbocycles. The van der Waals surface area contributed by atoms with E-state index in [0.717, 1.165) is 5.82 Å². The molecule has 0 spiro atoms. The second-order valence-electron chi connectivity index (χ2n) is 2.17. The van der Waals surface area contributed by atoms with Crippen molar-refractivity contribution in [1.29, 1.82) is 0 Å². The van der Waals surface area contributed by atoms with E-state index in [2.05, 4.69) is 4.98 Å². The zero-order chi connectivity index (χ0) is 8.27. The molecule has 11 heavy (non-hydrogen) atoms. The molecule has 0 fully saturated rings. The number of thioether (sulfide) groups is 1. The van der Waals surface area contributed by atoms with Crippen LogP contribution in [0.4, 0.5) is 0 Å². The smallest absolute Gasteiger partial charge is 0.242 e. The monoisotopic (exact) mass is 170 g/mol. The van der Waals surface area contributed by atoms with Crippen LogP contribution >= 0.6 is 11.8 Å². The van der Waals surface area contributed by atoms with Gasteiger partial charge in [-0.25, -0.2) is 4.98 Å². The number of hydrogen-bond donors (Lipinski definition) is 0. The lowest BCUT2D eigenvalue weighted by Crippen LogP contribution is -2.13. The Bertz CT molecular complexity index is 257. The fourth-order valence-corrected chi connectivity index (χ4v) is 1.22. The van der Waals surface area contributed by atoms with Gasteiger partial charge >= 0.3 is 0 Å². The Kier molecular flexibility index (Phi) is 2.70. The molecule has 1 heterocycles. The minimum Gasteiger partial charge on any atom is -0.273 e. The second kappa shape index (κ2) is 3.57. The number of carbonyl (C=O) groups excluding carboxylic acids is 1. The third-order valence-electron chi connectivity index (χ3n) is 1.36. The van der Waals surface area contributed by atoms with Gasteiger partial charge in [0.15, 0.2) is 0 Å². The Morgan fingerprint density at radius 2 is 2.55 bits per heavy atom. The molecule has 0 saturated carbocycles. The largest absolute Gasteiger partial charge is 0.273 e. The van der Waals surface area contributed by atoms with Crippen LogP contribution in [0.25, 0.3) is 0 Å². The quantitative estimate of drug-likeness (QED) is 0.668. The van der Waals surface area contributed by atoms with Crippen molar-refractivity contribution in [2.75, 3.05) is 12.0 Å². The zero-order valence-electron chi connectivity index (χ0n) is 6.57. The van der Waals surface area contributed by atoms with Crippen LogP contribution < -0.4 is 0 Å². The van der Waals surface area contributed by atoms with E-state index in [1.54, 1.807) is 17.0 Å². The molecule has 4 heteroatoms. The number of aromatic nitrogens is 2. The Morgan fingerprint density at radius 3 is 3.00 bits per heavy atom. The van der Waals surface area contributed by atoms with Crippen molar-refractivity contribution in [2.45, 2.75) is 6.92 Å².